The average Bonchev–Trinajstić information content (AvgIpc) is 3.91. The van der Waals surface area contributed by atoms with Gasteiger partial charge in [-0.2, -0.15) is 0 Å². The number of hydrogen-bond acceptors (Lipinski definition) is 4. The summed E-state index contributed by atoms with van der Waals surface area (Å²) in [6.45, 7) is 12.4. The van der Waals surface area contributed by atoms with Gasteiger partial charge in [0.05, 0.1) is 28.1 Å². The van der Waals surface area contributed by atoms with Crippen molar-refractivity contribution in [3.05, 3.63) is 186 Å². The molecule has 0 N–H and O–H groups in total. The van der Waals surface area contributed by atoms with E-state index < -0.39 is 31.9 Å². The zero-order chi connectivity index (χ0) is 51.5. The number of furan rings is 1. The largest absolute Gasteiger partial charge is 0 e. The molecule has 4 aromatic heterocycles. The summed E-state index contributed by atoms with van der Waals surface area (Å²) >= 11 is -2.36. The molecule has 345 valence electrons. The van der Waals surface area contributed by atoms with Crippen molar-refractivity contribution >= 4 is 50.8 Å². The normalized spacial score (nSPS) is 13.5. The maximum atomic E-state index is 8.80. The van der Waals surface area contributed by atoms with Crippen LogP contribution in [0.15, 0.2) is 156 Å². The van der Waals surface area contributed by atoms with E-state index in [-0.39, 0.29) is 31.1 Å². The Kier molecular flexibility index (Phi) is 11.9. The van der Waals surface area contributed by atoms with Gasteiger partial charge in [-0.25, -0.2) is 4.98 Å². The van der Waals surface area contributed by atoms with Crippen molar-refractivity contribution in [1.29, 1.82) is 0 Å². The molecule has 0 bridgehead atoms. The average molecular weight is 1140 g/mol. The Morgan fingerprint density at radius 1 is 0.735 bits per heavy atom. The van der Waals surface area contributed by atoms with E-state index in [1.54, 1.807) is 12.1 Å². The van der Waals surface area contributed by atoms with Crippen LogP contribution in [0, 0.1) is 31.3 Å². The Bertz CT molecular complexity index is 3540. The summed E-state index contributed by atoms with van der Waals surface area (Å²) in [7, 11) is 0. The number of benzene rings is 6. The number of imidazole rings is 1. The number of fused-ring (bicyclic) bond motifs is 4. The van der Waals surface area contributed by atoms with Crippen LogP contribution >= 0.6 is 0 Å². The number of rotatable bonds is 7. The number of pyridine rings is 2. The third-order valence-corrected chi connectivity index (χ3v) is 16.1. The van der Waals surface area contributed by atoms with Gasteiger partial charge in [-0.15, -0.1) is 18.2 Å². The van der Waals surface area contributed by atoms with Crippen molar-refractivity contribution in [2.75, 3.05) is 0 Å². The number of aryl methyl sites for hydroxylation is 2. The minimum absolute atomic E-state index is 0. The molecule has 1 radical (unpaired) electrons. The van der Waals surface area contributed by atoms with Gasteiger partial charge in [0.15, 0.2) is 0 Å². The van der Waals surface area contributed by atoms with Crippen LogP contribution in [0.4, 0.5) is 0 Å². The van der Waals surface area contributed by atoms with Gasteiger partial charge < -0.3 is 8.98 Å². The molecule has 68 heavy (non-hydrogen) atoms. The van der Waals surface area contributed by atoms with Crippen molar-refractivity contribution in [3.8, 4) is 50.6 Å². The van der Waals surface area contributed by atoms with Crippen molar-refractivity contribution < 1.29 is 31.4 Å². The molecular weight excluding hydrogens is 1070 g/mol. The van der Waals surface area contributed by atoms with Crippen LogP contribution in [-0.4, -0.2) is 32.8 Å². The molecule has 0 saturated heterocycles. The zero-order valence-corrected chi connectivity index (χ0v) is 45.0. The minimum atomic E-state index is -2.36. The summed E-state index contributed by atoms with van der Waals surface area (Å²) in [6, 6.07) is 55.6. The Morgan fingerprint density at radius 3 is 2.00 bits per heavy atom. The number of aromatic nitrogens is 4. The molecule has 0 unspecified atom stereocenters. The predicted octanol–water partition coefficient (Wildman–Crippen LogP) is 15.7. The van der Waals surface area contributed by atoms with E-state index in [0.29, 0.717) is 22.5 Å². The molecule has 5 nitrogen and oxygen atoms in total. The molecule has 0 fully saturated rings. The Morgan fingerprint density at radius 2 is 1.40 bits per heavy atom. The second-order valence-electron chi connectivity index (χ2n) is 20.4. The predicted molar refractivity (Wildman–Crippen MR) is 284 cm³/mol. The maximum absolute atomic E-state index is 8.80. The SMILES string of the molecule is Cc1ccc2c(n1)oc1c(-c3nc4ccccc4n3-c3c(-c4ccccc4)cc(C(C)(C)C)cc3-c3ccccc3)[c-]ccc12.[2H]C([2H])([2H])c1c[c-]c(-c2cc(C([2H])([2H])C(C)(C)C)[c]([Ge]([CH3])([CH3])[CH3])cn2)cc1.[Ir]. The fourth-order valence-corrected chi connectivity index (χ4v) is 11.5. The van der Waals surface area contributed by atoms with Gasteiger partial charge in [0.25, 0.3) is 0 Å². The smallest absolute Gasteiger partial charge is 0 e. The van der Waals surface area contributed by atoms with Gasteiger partial charge >= 0.3 is 145 Å². The minimum Gasteiger partial charge on any atom is 0 e. The molecule has 0 aliphatic rings. The van der Waals surface area contributed by atoms with E-state index in [1.165, 1.54) is 11.6 Å². The monoisotopic (exact) mass is 1140 g/mol. The summed E-state index contributed by atoms with van der Waals surface area (Å²) in [6.07, 6.45) is 0.303. The number of hydrogen-bond donors (Lipinski definition) is 0. The summed E-state index contributed by atoms with van der Waals surface area (Å²) in [5.41, 5.74) is 13.5. The van der Waals surface area contributed by atoms with E-state index in [9.17, 15) is 0 Å². The van der Waals surface area contributed by atoms with Gasteiger partial charge in [0.1, 0.15) is 0 Å². The molecule has 7 heteroatoms. The molecule has 0 atom stereocenters. The molecule has 0 amide bonds. The van der Waals surface area contributed by atoms with E-state index >= 15 is 0 Å². The molecule has 0 aliphatic carbocycles. The fraction of sp³-hybridized carbons (Fsp3) is 0.230. The van der Waals surface area contributed by atoms with E-state index in [4.69, 9.17) is 21.2 Å². The van der Waals surface area contributed by atoms with Crippen molar-refractivity contribution in [2.24, 2.45) is 5.41 Å². The van der Waals surface area contributed by atoms with Gasteiger partial charge in [-0.05, 0) is 65.4 Å². The first kappa shape index (κ1) is 42.2. The molecule has 0 spiro atoms. The second-order valence-corrected chi connectivity index (χ2v) is 31.0. The number of nitrogens with zero attached hydrogens (tertiary/aromatic N) is 4. The van der Waals surface area contributed by atoms with Gasteiger partial charge in [-0.3, -0.25) is 4.98 Å². The molecular formula is C61H60GeIrN4O-2. The molecule has 4 heterocycles. The third-order valence-electron chi connectivity index (χ3n) is 11.9. The van der Waals surface area contributed by atoms with Gasteiger partial charge in [-0.1, -0.05) is 105 Å². The summed E-state index contributed by atoms with van der Waals surface area (Å²) in [5, 5.41) is 1.98. The number of para-hydroxylation sites is 2. The summed E-state index contributed by atoms with van der Waals surface area (Å²) < 4.78 is 49.9. The molecule has 10 rings (SSSR count). The zero-order valence-electron chi connectivity index (χ0n) is 45.5. The first-order valence-corrected chi connectivity index (χ1v) is 30.3. The Labute approximate surface area is 425 Å². The summed E-state index contributed by atoms with van der Waals surface area (Å²) in [5.74, 6) is 7.47. The fourth-order valence-electron chi connectivity index (χ4n) is 8.58. The van der Waals surface area contributed by atoms with E-state index in [0.717, 1.165) is 76.8 Å². The van der Waals surface area contributed by atoms with Crippen LogP contribution in [0.2, 0.25) is 17.3 Å². The van der Waals surface area contributed by atoms with Crippen LogP contribution in [0.3, 0.4) is 0 Å². The topological polar surface area (TPSA) is 56.7 Å². The van der Waals surface area contributed by atoms with Crippen LogP contribution in [0.25, 0.3) is 83.7 Å². The standard InChI is InChI=1S/C41H32N3O.C20H28GeN.Ir/c1-26-22-23-31-30-18-13-19-32(38(30)45-40(31)42-26)39-43-35-20-11-12-21-36(35)44(39)37-33(27-14-7-5-8-15-27)24-29(41(2,3)4)25-34(37)28-16-9-6-10-17-28;1-15-8-10-16(11-9-15)19-12-17(13-20(2,3)4)18(14-22-19)21(5,6)7;/h5-18,20-25H,1-4H3;8-10,12,14H,13H2,1-7H3;/q2*-1;/i;1D3,13D2;. The first-order valence-electron chi connectivity index (χ1n) is 25.4. The van der Waals surface area contributed by atoms with Crippen LogP contribution in [0.5, 0.6) is 0 Å². The van der Waals surface area contributed by atoms with Crippen LogP contribution in [0.1, 0.15) is 70.8 Å². The van der Waals surface area contributed by atoms with Crippen LogP contribution < -0.4 is 4.40 Å². The van der Waals surface area contributed by atoms with Gasteiger partial charge in [0, 0.05) is 42.3 Å². The molecule has 0 saturated carbocycles. The Balaban J connectivity index is 0.000000219. The first-order chi connectivity index (χ1) is 33.9. The van der Waals surface area contributed by atoms with Crippen molar-refractivity contribution in [2.45, 2.75) is 84.4 Å². The Hall–Kier alpha value is -5.92. The third kappa shape index (κ3) is 10.1. The van der Waals surface area contributed by atoms with Crippen molar-refractivity contribution in [3.63, 3.8) is 0 Å². The van der Waals surface area contributed by atoms with E-state index in [2.05, 4.69) is 163 Å². The molecule has 0 aliphatic heterocycles. The molecule has 6 aromatic carbocycles. The second kappa shape index (κ2) is 19.2. The summed E-state index contributed by atoms with van der Waals surface area (Å²) in [4.78, 5) is 14.6. The quantitative estimate of drug-likeness (QED) is 0.118. The van der Waals surface area contributed by atoms with Crippen molar-refractivity contribution in [1.82, 2.24) is 19.5 Å². The van der Waals surface area contributed by atoms with E-state index in [1.807, 2.05) is 58.2 Å². The van der Waals surface area contributed by atoms with Crippen LogP contribution in [-0.2, 0) is 31.9 Å². The maximum Gasteiger partial charge on any atom is 0 e. The van der Waals surface area contributed by atoms with Gasteiger partial charge in [0.2, 0.25) is 5.71 Å². The molecule has 10 aromatic rings.